The van der Waals surface area contributed by atoms with Crippen LogP contribution in [0.5, 0.6) is 0 Å². The van der Waals surface area contributed by atoms with Crippen molar-refractivity contribution in [3.8, 4) is 0 Å². The smallest absolute Gasteiger partial charge is 0.0201 e. The van der Waals surface area contributed by atoms with E-state index < -0.39 is 0 Å². The van der Waals surface area contributed by atoms with Crippen molar-refractivity contribution in [2.75, 3.05) is 0 Å². The summed E-state index contributed by atoms with van der Waals surface area (Å²) < 4.78 is 0. The summed E-state index contributed by atoms with van der Waals surface area (Å²) in [6, 6.07) is 0. The maximum Gasteiger partial charge on any atom is -0.0201 e. The van der Waals surface area contributed by atoms with Crippen molar-refractivity contribution in [1.82, 2.24) is 0 Å². The largest absolute Gasteiger partial charge is 0.0614 e. The molecule has 3 fully saturated rings. The fraction of sp³-hybridized carbons (Fsp3) is 1.00. The lowest BCUT2D eigenvalue weighted by atomic mass is 9.76. The van der Waals surface area contributed by atoms with Crippen LogP contribution in [-0.2, 0) is 0 Å². The Morgan fingerprint density at radius 3 is 1.77 bits per heavy atom. The molecular formula is C13H22. The van der Waals surface area contributed by atoms with Crippen molar-refractivity contribution >= 4 is 0 Å². The van der Waals surface area contributed by atoms with Gasteiger partial charge in [0.15, 0.2) is 0 Å². The molecular weight excluding hydrogens is 156 g/mol. The second-order valence-electron chi connectivity index (χ2n) is 7.17. The van der Waals surface area contributed by atoms with E-state index in [9.17, 15) is 0 Å². The van der Waals surface area contributed by atoms with Crippen LogP contribution in [0.3, 0.4) is 0 Å². The molecule has 0 radical (unpaired) electrons. The molecule has 3 saturated carbocycles. The zero-order chi connectivity index (χ0) is 9.86. The highest BCUT2D eigenvalue weighted by Crippen LogP contribution is 2.96. The standard InChI is InChI=1S/C13H22/c1-8-11(4)7-12(11,5)9-10(2,3)13(8,9)6/h8-9H,7H2,1-6H3. The van der Waals surface area contributed by atoms with Gasteiger partial charge in [0, 0.05) is 0 Å². The first-order valence-electron chi connectivity index (χ1n) is 5.73. The molecule has 0 heterocycles. The van der Waals surface area contributed by atoms with Gasteiger partial charge in [-0.2, -0.15) is 0 Å². The van der Waals surface area contributed by atoms with Gasteiger partial charge < -0.3 is 0 Å². The third-order valence-corrected chi connectivity index (χ3v) is 7.03. The predicted octanol–water partition coefficient (Wildman–Crippen LogP) is 3.71. The summed E-state index contributed by atoms with van der Waals surface area (Å²) in [5.41, 5.74) is 2.68. The van der Waals surface area contributed by atoms with Crippen molar-refractivity contribution in [3.05, 3.63) is 0 Å². The van der Waals surface area contributed by atoms with Crippen molar-refractivity contribution < 1.29 is 0 Å². The Balaban J connectivity index is 2.11. The fourth-order valence-corrected chi connectivity index (χ4v) is 5.74. The second kappa shape index (κ2) is 1.51. The topological polar surface area (TPSA) is 0 Å². The third kappa shape index (κ3) is 0.480. The first-order valence-corrected chi connectivity index (χ1v) is 5.73. The van der Waals surface area contributed by atoms with Gasteiger partial charge >= 0.3 is 0 Å². The molecule has 0 spiro atoms. The summed E-state index contributed by atoms with van der Waals surface area (Å²) >= 11 is 0. The monoisotopic (exact) mass is 178 g/mol. The van der Waals surface area contributed by atoms with Crippen LogP contribution in [0.1, 0.15) is 48.0 Å². The Hall–Kier alpha value is 0. The number of hydrogen-bond acceptors (Lipinski definition) is 0. The number of fused-ring (bicyclic) bond motifs is 3. The summed E-state index contributed by atoms with van der Waals surface area (Å²) in [4.78, 5) is 0. The lowest BCUT2D eigenvalue weighted by Gasteiger charge is -2.29. The van der Waals surface area contributed by atoms with Crippen molar-refractivity contribution in [1.29, 1.82) is 0 Å². The maximum absolute atomic E-state index is 2.54. The van der Waals surface area contributed by atoms with E-state index in [1.807, 2.05) is 0 Å². The first kappa shape index (κ1) is 8.32. The van der Waals surface area contributed by atoms with E-state index in [4.69, 9.17) is 0 Å². The van der Waals surface area contributed by atoms with E-state index in [2.05, 4.69) is 41.5 Å². The third-order valence-electron chi connectivity index (χ3n) is 7.03. The Morgan fingerprint density at radius 1 is 0.923 bits per heavy atom. The van der Waals surface area contributed by atoms with Gasteiger partial charge in [-0.3, -0.25) is 0 Å². The molecule has 0 aromatic carbocycles. The molecule has 13 heavy (non-hydrogen) atoms. The Morgan fingerprint density at radius 2 is 1.46 bits per heavy atom. The molecule has 5 unspecified atom stereocenters. The molecule has 0 N–H and O–H groups in total. The van der Waals surface area contributed by atoms with Crippen LogP contribution >= 0.6 is 0 Å². The lowest BCUT2D eigenvalue weighted by molar-refractivity contribution is 0.190. The van der Waals surface area contributed by atoms with Gasteiger partial charge in [0.2, 0.25) is 0 Å². The van der Waals surface area contributed by atoms with Crippen LogP contribution in [0.2, 0.25) is 0 Å². The summed E-state index contributed by atoms with van der Waals surface area (Å²) in [5.74, 6) is 1.94. The average molecular weight is 178 g/mol. The van der Waals surface area contributed by atoms with E-state index in [1.165, 1.54) is 6.42 Å². The van der Waals surface area contributed by atoms with Crippen LogP contribution < -0.4 is 0 Å². The van der Waals surface area contributed by atoms with E-state index in [0.29, 0.717) is 21.7 Å². The molecule has 0 saturated heterocycles. The van der Waals surface area contributed by atoms with Gasteiger partial charge in [0.1, 0.15) is 0 Å². The van der Waals surface area contributed by atoms with Gasteiger partial charge in [-0.15, -0.1) is 0 Å². The Kier molecular flexibility index (Phi) is 0.967. The first-order chi connectivity index (χ1) is 5.73. The molecule has 74 valence electrons. The molecule has 0 aromatic heterocycles. The van der Waals surface area contributed by atoms with Crippen molar-refractivity contribution in [3.63, 3.8) is 0 Å². The Labute approximate surface area is 82.1 Å². The van der Waals surface area contributed by atoms with Gasteiger partial charge in [-0.1, -0.05) is 41.5 Å². The van der Waals surface area contributed by atoms with E-state index in [1.54, 1.807) is 0 Å². The Bertz CT molecular complexity index is 303. The van der Waals surface area contributed by atoms with Crippen LogP contribution in [0.15, 0.2) is 0 Å². The summed E-state index contributed by atoms with van der Waals surface area (Å²) in [6.07, 6.45) is 1.49. The molecule has 0 aliphatic heterocycles. The minimum absolute atomic E-state index is 0.622. The van der Waals surface area contributed by atoms with Crippen molar-refractivity contribution in [2.45, 2.75) is 48.0 Å². The van der Waals surface area contributed by atoms with Gasteiger partial charge in [0.05, 0.1) is 0 Å². The highest BCUT2D eigenvalue weighted by atomic mass is 14.9. The summed E-state index contributed by atoms with van der Waals surface area (Å²) in [6.45, 7) is 15.1. The highest BCUT2D eigenvalue weighted by molar-refractivity contribution is 5.38. The minimum atomic E-state index is 0.622. The van der Waals surface area contributed by atoms with E-state index in [0.717, 1.165) is 11.8 Å². The van der Waals surface area contributed by atoms with E-state index >= 15 is 0 Å². The number of hydrogen-bond donors (Lipinski definition) is 0. The van der Waals surface area contributed by atoms with Crippen LogP contribution in [0, 0.1) is 33.5 Å². The predicted molar refractivity (Wildman–Crippen MR) is 55.4 cm³/mol. The minimum Gasteiger partial charge on any atom is -0.0614 e. The molecule has 5 atom stereocenters. The number of rotatable bonds is 0. The average Bonchev–Trinajstić information content (AvgIpc) is 2.65. The summed E-state index contributed by atoms with van der Waals surface area (Å²) in [5, 5.41) is 0. The van der Waals surface area contributed by atoms with Crippen LogP contribution in [0.25, 0.3) is 0 Å². The molecule has 3 aliphatic carbocycles. The quantitative estimate of drug-likeness (QED) is 0.530. The lowest BCUT2D eigenvalue weighted by Crippen LogP contribution is -2.23. The van der Waals surface area contributed by atoms with Crippen LogP contribution in [-0.4, -0.2) is 0 Å². The molecule has 3 rings (SSSR count). The van der Waals surface area contributed by atoms with Crippen LogP contribution in [0.4, 0.5) is 0 Å². The zero-order valence-electron chi connectivity index (χ0n) is 9.86. The SMILES string of the molecule is CC1C2(C)CC2(C)C2C(C)(C)C12C. The normalized spacial score (nSPS) is 71.5. The van der Waals surface area contributed by atoms with Gasteiger partial charge in [0.25, 0.3) is 0 Å². The highest BCUT2D eigenvalue weighted by Gasteiger charge is 2.91. The second-order valence-corrected chi connectivity index (χ2v) is 7.17. The molecule has 0 amide bonds. The molecule has 3 aliphatic rings. The molecule has 0 nitrogen and oxygen atoms in total. The fourth-order valence-electron chi connectivity index (χ4n) is 5.74. The zero-order valence-corrected chi connectivity index (χ0v) is 9.86. The van der Waals surface area contributed by atoms with Gasteiger partial charge in [-0.25, -0.2) is 0 Å². The van der Waals surface area contributed by atoms with E-state index in [-0.39, 0.29) is 0 Å². The van der Waals surface area contributed by atoms with Crippen molar-refractivity contribution in [2.24, 2.45) is 33.5 Å². The summed E-state index contributed by atoms with van der Waals surface area (Å²) in [7, 11) is 0. The molecule has 0 heteroatoms. The maximum atomic E-state index is 2.54. The molecule has 0 bridgehead atoms. The van der Waals surface area contributed by atoms with Gasteiger partial charge in [-0.05, 0) is 39.9 Å². The molecule has 0 aromatic rings.